The molecule has 1 unspecified atom stereocenters. The van der Waals surface area contributed by atoms with Gasteiger partial charge in [-0.25, -0.2) is 4.98 Å². The van der Waals surface area contributed by atoms with E-state index in [9.17, 15) is 28.5 Å². The van der Waals surface area contributed by atoms with E-state index in [0.717, 1.165) is 18.5 Å². The number of nitrogens with zero attached hydrogens (tertiary/aromatic N) is 6. The van der Waals surface area contributed by atoms with E-state index in [1.54, 1.807) is 25.1 Å². The number of carbonyl (C=O) groups is 1. The molecule has 35 heavy (non-hydrogen) atoms. The smallest absolute Gasteiger partial charge is 0.352 e. The van der Waals surface area contributed by atoms with Crippen LogP contribution in [-0.2, 0) is 4.79 Å². The van der Waals surface area contributed by atoms with Crippen molar-refractivity contribution in [2.45, 2.75) is 44.3 Å². The third kappa shape index (κ3) is 5.12. The molecule has 10 heteroatoms. The zero-order chi connectivity index (χ0) is 25.3. The summed E-state index contributed by atoms with van der Waals surface area (Å²) in [5.74, 6) is -0.313. The number of nitriles is 2. The lowest BCUT2D eigenvalue weighted by atomic mass is 9.96. The minimum Gasteiger partial charge on any atom is -0.352 e. The molecular formula is C25H23F3N6O. The van der Waals surface area contributed by atoms with Crippen LogP contribution >= 0.6 is 0 Å². The van der Waals surface area contributed by atoms with Crippen LogP contribution in [0.25, 0.3) is 17.2 Å². The number of rotatable bonds is 5. The second-order valence-electron chi connectivity index (χ2n) is 8.82. The molecule has 1 saturated carbocycles. The van der Waals surface area contributed by atoms with Crippen molar-refractivity contribution in [1.82, 2.24) is 14.9 Å². The Balaban J connectivity index is 1.70. The number of aromatic nitrogens is 2. The largest absolute Gasteiger partial charge is 0.397 e. The van der Waals surface area contributed by atoms with Gasteiger partial charge < -0.3 is 9.80 Å². The lowest BCUT2D eigenvalue weighted by Crippen LogP contribution is -2.55. The fraction of sp³-hybridized carbons (Fsp3) is 0.400. The number of pyridine rings is 2. The molecule has 1 aliphatic carbocycles. The van der Waals surface area contributed by atoms with Gasteiger partial charge in [0.1, 0.15) is 24.4 Å². The second-order valence-corrected chi connectivity index (χ2v) is 8.82. The molecule has 0 N–H and O–H groups in total. The molecule has 1 saturated heterocycles. The van der Waals surface area contributed by atoms with Gasteiger partial charge in [0.2, 0.25) is 5.91 Å². The number of anilines is 1. The summed E-state index contributed by atoms with van der Waals surface area (Å²) in [6.07, 6.45) is -1.12. The van der Waals surface area contributed by atoms with Gasteiger partial charge in [-0.1, -0.05) is 6.58 Å². The molecule has 180 valence electrons. The van der Waals surface area contributed by atoms with Crippen molar-refractivity contribution < 1.29 is 18.0 Å². The van der Waals surface area contributed by atoms with Crippen LogP contribution in [0.1, 0.15) is 54.6 Å². The number of halogens is 3. The molecule has 2 aromatic rings. The quantitative estimate of drug-likeness (QED) is 0.630. The normalized spacial score (nSPS) is 18.1. The highest BCUT2D eigenvalue weighted by atomic mass is 19.4. The third-order valence-electron chi connectivity index (χ3n) is 6.26. The van der Waals surface area contributed by atoms with Crippen molar-refractivity contribution >= 4 is 17.8 Å². The Labute approximate surface area is 201 Å². The van der Waals surface area contributed by atoms with Crippen LogP contribution in [0.5, 0.6) is 0 Å². The first-order valence-corrected chi connectivity index (χ1v) is 11.2. The van der Waals surface area contributed by atoms with E-state index in [2.05, 4.69) is 23.7 Å². The Hall–Kier alpha value is -3.92. The van der Waals surface area contributed by atoms with Crippen molar-refractivity contribution in [3.8, 4) is 23.3 Å². The molecule has 0 bridgehead atoms. The van der Waals surface area contributed by atoms with Crippen molar-refractivity contribution in [2.75, 3.05) is 24.5 Å². The Morgan fingerprint density at radius 1 is 1.20 bits per heavy atom. The summed E-state index contributed by atoms with van der Waals surface area (Å²) < 4.78 is 38.1. The van der Waals surface area contributed by atoms with E-state index >= 15 is 0 Å². The predicted molar refractivity (Wildman–Crippen MR) is 123 cm³/mol. The van der Waals surface area contributed by atoms with Crippen molar-refractivity contribution in [3.05, 3.63) is 47.4 Å². The molecule has 0 aromatic carbocycles. The number of alkyl halides is 3. The average Bonchev–Trinajstić information content (AvgIpc) is 3.67. The summed E-state index contributed by atoms with van der Waals surface area (Å²) in [5, 5.41) is 19.6. The van der Waals surface area contributed by atoms with Crippen molar-refractivity contribution in [2.24, 2.45) is 0 Å². The fourth-order valence-corrected chi connectivity index (χ4v) is 4.41. The highest BCUT2D eigenvalue weighted by molar-refractivity contribution is 5.79. The molecule has 2 fully saturated rings. The second kappa shape index (κ2) is 9.38. The Kier molecular flexibility index (Phi) is 6.49. The first kappa shape index (κ1) is 24.2. The van der Waals surface area contributed by atoms with E-state index in [1.807, 2.05) is 4.90 Å². The van der Waals surface area contributed by atoms with E-state index in [-0.39, 0.29) is 25.6 Å². The Bertz CT molecular complexity index is 1260. The van der Waals surface area contributed by atoms with Crippen LogP contribution in [-0.4, -0.2) is 52.6 Å². The summed E-state index contributed by atoms with van der Waals surface area (Å²) in [4.78, 5) is 24.3. The number of hydrogen-bond donors (Lipinski definition) is 0. The number of hydrogen-bond acceptors (Lipinski definition) is 6. The SMILES string of the molecule is C=Cc1cc(-c2cc(C#N)c(N3CCN(C(=O)CC(F)(F)F)C(C)C3)nc2C2CC2)c(C#N)cn1. The third-order valence-corrected chi connectivity index (χ3v) is 6.26. The van der Waals surface area contributed by atoms with Crippen LogP contribution in [0, 0.1) is 22.7 Å². The lowest BCUT2D eigenvalue weighted by Gasteiger charge is -2.41. The van der Waals surface area contributed by atoms with E-state index in [1.165, 1.54) is 11.1 Å². The van der Waals surface area contributed by atoms with Gasteiger partial charge in [-0.2, -0.15) is 23.7 Å². The van der Waals surface area contributed by atoms with Crippen LogP contribution in [0.2, 0.25) is 0 Å². The Morgan fingerprint density at radius 3 is 2.49 bits per heavy atom. The molecule has 7 nitrogen and oxygen atoms in total. The summed E-state index contributed by atoms with van der Waals surface area (Å²) >= 11 is 0. The molecule has 2 aliphatic rings. The molecule has 3 heterocycles. The van der Waals surface area contributed by atoms with Gasteiger partial charge >= 0.3 is 6.18 Å². The monoisotopic (exact) mass is 480 g/mol. The highest BCUT2D eigenvalue weighted by Crippen LogP contribution is 2.45. The minimum atomic E-state index is -4.56. The summed E-state index contributed by atoms with van der Waals surface area (Å²) in [5.41, 5.74) is 3.36. The Morgan fingerprint density at radius 2 is 1.91 bits per heavy atom. The molecule has 2 aromatic heterocycles. The van der Waals surface area contributed by atoms with E-state index < -0.39 is 24.5 Å². The maximum absolute atomic E-state index is 12.7. The van der Waals surface area contributed by atoms with Crippen LogP contribution in [0.3, 0.4) is 0 Å². The van der Waals surface area contributed by atoms with E-state index in [0.29, 0.717) is 33.8 Å². The zero-order valence-corrected chi connectivity index (χ0v) is 19.1. The van der Waals surface area contributed by atoms with Gasteiger partial charge in [-0.3, -0.25) is 9.78 Å². The van der Waals surface area contributed by atoms with Gasteiger partial charge in [0, 0.05) is 48.9 Å². The molecule has 0 radical (unpaired) electrons. The topological polar surface area (TPSA) is 96.9 Å². The number of carbonyl (C=O) groups excluding carboxylic acids is 1. The maximum atomic E-state index is 12.7. The molecule has 0 spiro atoms. The number of amides is 1. The van der Waals surface area contributed by atoms with Crippen LogP contribution < -0.4 is 4.90 Å². The van der Waals surface area contributed by atoms with E-state index in [4.69, 9.17) is 4.98 Å². The average molecular weight is 480 g/mol. The highest BCUT2D eigenvalue weighted by Gasteiger charge is 2.37. The summed E-state index contributed by atoms with van der Waals surface area (Å²) in [6, 6.07) is 7.34. The predicted octanol–water partition coefficient (Wildman–Crippen LogP) is 4.40. The lowest BCUT2D eigenvalue weighted by molar-refractivity contribution is -0.163. The summed E-state index contributed by atoms with van der Waals surface area (Å²) in [6.45, 7) is 6.05. The summed E-state index contributed by atoms with van der Waals surface area (Å²) in [7, 11) is 0. The van der Waals surface area contributed by atoms with Gasteiger partial charge in [-0.15, -0.1) is 0 Å². The number of piperazine rings is 1. The first-order valence-electron chi connectivity index (χ1n) is 11.2. The first-order chi connectivity index (χ1) is 16.6. The van der Waals surface area contributed by atoms with Gasteiger partial charge in [0.05, 0.1) is 22.5 Å². The maximum Gasteiger partial charge on any atom is 0.397 e. The standard InChI is InChI=1S/C25H23F3N6O/c1-3-19-9-20(18(12-30)13-31-19)21-8-17(11-29)24(32-23(21)16-4-5-16)33-6-7-34(15(2)14-33)22(35)10-25(26,27)28/h3,8-9,13,15-16H,1,4-7,10,14H2,2H3. The molecule has 1 aliphatic heterocycles. The van der Waals surface area contributed by atoms with Crippen molar-refractivity contribution in [1.29, 1.82) is 10.5 Å². The molecular weight excluding hydrogens is 457 g/mol. The van der Waals surface area contributed by atoms with Crippen LogP contribution in [0.15, 0.2) is 24.9 Å². The van der Waals surface area contributed by atoms with Gasteiger partial charge in [-0.05, 0) is 38.0 Å². The zero-order valence-electron chi connectivity index (χ0n) is 19.1. The molecule has 1 atom stereocenters. The fourth-order valence-electron chi connectivity index (χ4n) is 4.41. The van der Waals surface area contributed by atoms with Gasteiger partial charge in [0.25, 0.3) is 0 Å². The van der Waals surface area contributed by atoms with Crippen molar-refractivity contribution in [3.63, 3.8) is 0 Å². The minimum absolute atomic E-state index is 0.106. The van der Waals surface area contributed by atoms with Gasteiger partial charge in [0.15, 0.2) is 0 Å². The van der Waals surface area contributed by atoms with Crippen LogP contribution in [0.4, 0.5) is 19.0 Å². The molecule has 4 rings (SSSR count). The molecule has 1 amide bonds.